The third kappa shape index (κ3) is 4.00. The van der Waals surface area contributed by atoms with Gasteiger partial charge in [0, 0.05) is 11.6 Å². The van der Waals surface area contributed by atoms with E-state index < -0.39 is 0 Å². The molecule has 26 heavy (non-hydrogen) atoms. The molecule has 132 valence electrons. The Balaban J connectivity index is 1.86. The highest BCUT2D eigenvalue weighted by atomic mass is 35.5. The lowest BCUT2D eigenvalue weighted by Crippen LogP contribution is -2.29. The van der Waals surface area contributed by atoms with E-state index in [0.717, 1.165) is 21.4 Å². The molecular weight excluding hydrogens is 350 g/mol. The van der Waals surface area contributed by atoms with Crippen molar-refractivity contribution in [2.75, 3.05) is 5.32 Å². The van der Waals surface area contributed by atoms with Gasteiger partial charge in [0.2, 0.25) is 5.91 Å². The summed E-state index contributed by atoms with van der Waals surface area (Å²) >= 11 is 6.04. The Kier molecular flexibility index (Phi) is 5.19. The SMILES string of the molecule is Cc1ccc(C)c(-c2ccc(=O)n(CC(=O)Nc3ccccc3Cl)n2)c1. The molecule has 5 nitrogen and oxygen atoms in total. The minimum absolute atomic E-state index is 0.192. The lowest BCUT2D eigenvalue weighted by Gasteiger charge is -2.11. The maximum absolute atomic E-state index is 12.3. The number of amides is 1. The largest absolute Gasteiger partial charge is 0.323 e. The van der Waals surface area contributed by atoms with Crippen LogP contribution in [0.15, 0.2) is 59.4 Å². The molecule has 0 atom stereocenters. The summed E-state index contributed by atoms with van der Waals surface area (Å²) < 4.78 is 1.16. The zero-order chi connectivity index (χ0) is 18.7. The normalized spacial score (nSPS) is 10.6. The fraction of sp³-hybridized carbons (Fsp3) is 0.150. The van der Waals surface area contributed by atoms with Gasteiger partial charge in [0.25, 0.3) is 5.56 Å². The number of rotatable bonds is 4. The number of carbonyl (C=O) groups is 1. The lowest BCUT2D eigenvalue weighted by molar-refractivity contribution is -0.117. The monoisotopic (exact) mass is 367 g/mol. The molecule has 0 radical (unpaired) electrons. The summed E-state index contributed by atoms with van der Waals surface area (Å²) in [4.78, 5) is 24.4. The molecule has 0 saturated carbocycles. The van der Waals surface area contributed by atoms with Crippen LogP contribution in [0.3, 0.4) is 0 Å². The minimum atomic E-state index is -0.370. The molecule has 3 aromatic rings. The van der Waals surface area contributed by atoms with Crippen LogP contribution < -0.4 is 10.9 Å². The van der Waals surface area contributed by atoms with E-state index in [1.54, 1.807) is 30.3 Å². The van der Waals surface area contributed by atoms with Crippen molar-refractivity contribution in [2.24, 2.45) is 0 Å². The van der Waals surface area contributed by atoms with Crippen molar-refractivity contribution < 1.29 is 4.79 Å². The number of nitrogens with one attached hydrogen (secondary N) is 1. The second-order valence-electron chi connectivity index (χ2n) is 6.06. The topological polar surface area (TPSA) is 64.0 Å². The molecule has 2 aromatic carbocycles. The van der Waals surface area contributed by atoms with Crippen LogP contribution in [0.25, 0.3) is 11.3 Å². The van der Waals surface area contributed by atoms with E-state index in [0.29, 0.717) is 16.4 Å². The summed E-state index contributed by atoms with van der Waals surface area (Å²) in [6.45, 7) is 3.79. The summed E-state index contributed by atoms with van der Waals surface area (Å²) in [6.07, 6.45) is 0. The maximum atomic E-state index is 12.3. The van der Waals surface area contributed by atoms with E-state index in [1.807, 2.05) is 32.0 Å². The van der Waals surface area contributed by atoms with Gasteiger partial charge < -0.3 is 5.32 Å². The van der Waals surface area contributed by atoms with Gasteiger partial charge in [0.1, 0.15) is 6.54 Å². The van der Waals surface area contributed by atoms with Crippen molar-refractivity contribution >= 4 is 23.2 Å². The molecule has 6 heteroatoms. The molecule has 3 rings (SSSR count). The number of nitrogens with zero attached hydrogens (tertiary/aromatic N) is 2. The second kappa shape index (κ2) is 7.54. The van der Waals surface area contributed by atoms with Crippen molar-refractivity contribution in [1.82, 2.24) is 9.78 Å². The fourth-order valence-electron chi connectivity index (χ4n) is 2.61. The highest BCUT2D eigenvalue weighted by molar-refractivity contribution is 6.33. The number of hydrogen-bond donors (Lipinski definition) is 1. The summed E-state index contributed by atoms with van der Waals surface area (Å²) in [5.41, 5.74) is 3.89. The first-order valence-corrected chi connectivity index (χ1v) is 8.52. The molecule has 0 bridgehead atoms. The second-order valence-corrected chi connectivity index (χ2v) is 6.47. The number of anilines is 1. The highest BCUT2D eigenvalue weighted by Gasteiger charge is 2.11. The maximum Gasteiger partial charge on any atom is 0.267 e. The lowest BCUT2D eigenvalue weighted by atomic mass is 10.0. The summed E-state index contributed by atoms with van der Waals surface area (Å²) in [5, 5.41) is 7.49. The molecule has 1 heterocycles. The fourth-order valence-corrected chi connectivity index (χ4v) is 2.79. The van der Waals surface area contributed by atoms with Crippen LogP contribution >= 0.6 is 11.6 Å². The summed E-state index contributed by atoms with van der Waals surface area (Å²) in [7, 11) is 0. The van der Waals surface area contributed by atoms with E-state index in [2.05, 4.69) is 10.4 Å². The quantitative estimate of drug-likeness (QED) is 0.762. The van der Waals surface area contributed by atoms with E-state index in [9.17, 15) is 9.59 Å². The third-order valence-corrected chi connectivity index (χ3v) is 4.31. The Bertz CT molecular complexity index is 1030. The molecular formula is C20H18ClN3O2. The Labute approximate surface area is 156 Å². The predicted molar refractivity (Wildman–Crippen MR) is 103 cm³/mol. The van der Waals surface area contributed by atoms with Crippen molar-refractivity contribution in [1.29, 1.82) is 0 Å². The van der Waals surface area contributed by atoms with Gasteiger partial charge >= 0.3 is 0 Å². The number of para-hydroxylation sites is 1. The minimum Gasteiger partial charge on any atom is -0.323 e. The number of hydrogen-bond acceptors (Lipinski definition) is 3. The smallest absolute Gasteiger partial charge is 0.267 e. The van der Waals surface area contributed by atoms with Gasteiger partial charge in [0.15, 0.2) is 0 Å². The number of carbonyl (C=O) groups excluding carboxylic acids is 1. The zero-order valence-corrected chi connectivity index (χ0v) is 15.2. The molecule has 0 aliphatic heterocycles. The molecule has 0 aliphatic carbocycles. The molecule has 1 aromatic heterocycles. The first kappa shape index (κ1) is 17.9. The van der Waals surface area contributed by atoms with Crippen LogP contribution in [0.5, 0.6) is 0 Å². The predicted octanol–water partition coefficient (Wildman–Crippen LogP) is 3.82. The molecule has 0 aliphatic rings. The van der Waals surface area contributed by atoms with Gasteiger partial charge in [-0.1, -0.05) is 41.4 Å². The third-order valence-electron chi connectivity index (χ3n) is 3.98. The van der Waals surface area contributed by atoms with Crippen molar-refractivity contribution in [3.05, 3.63) is 81.1 Å². The Morgan fingerprint density at radius 2 is 1.88 bits per heavy atom. The number of halogens is 1. The number of aryl methyl sites for hydroxylation is 2. The van der Waals surface area contributed by atoms with E-state index in [1.165, 1.54) is 6.07 Å². The molecule has 0 spiro atoms. The summed E-state index contributed by atoms with van der Waals surface area (Å²) in [5.74, 6) is -0.370. The van der Waals surface area contributed by atoms with Crippen molar-refractivity contribution in [2.45, 2.75) is 20.4 Å². The molecule has 1 amide bonds. The van der Waals surface area contributed by atoms with Gasteiger partial charge in [-0.05, 0) is 43.7 Å². The number of aromatic nitrogens is 2. The van der Waals surface area contributed by atoms with Crippen LogP contribution in [0.1, 0.15) is 11.1 Å². The molecule has 0 fully saturated rings. The van der Waals surface area contributed by atoms with Gasteiger partial charge in [0.05, 0.1) is 16.4 Å². The summed E-state index contributed by atoms with van der Waals surface area (Å²) in [6, 6.07) is 16.1. The Morgan fingerprint density at radius 1 is 1.12 bits per heavy atom. The van der Waals surface area contributed by atoms with Gasteiger partial charge in [-0.2, -0.15) is 5.10 Å². The first-order valence-electron chi connectivity index (χ1n) is 8.14. The van der Waals surface area contributed by atoms with Gasteiger partial charge in [-0.15, -0.1) is 0 Å². The number of benzene rings is 2. The van der Waals surface area contributed by atoms with Gasteiger partial charge in [-0.3, -0.25) is 9.59 Å². The van der Waals surface area contributed by atoms with E-state index in [4.69, 9.17) is 11.6 Å². The van der Waals surface area contributed by atoms with Crippen LogP contribution in [-0.2, 0) is 11.3 Å². The average Bonchev–Trinajstić information content (AvgIpc) is 2.61. The van der Waals surface area contributed by atoms with Crippen LogP contribution in [-0.4, -0.2) is 15.7 Å². The van der Waals surface area contributed by atoms with Crippen LogP contribution in [0.2, 0.25) is 5.02 Å². The van der Waals surface area contributed by atoms with Crippen molar-refractivity contribution in [3.8, 4) is 11.3 Å². The molecule has 0 unspecified atom stereocenters. The zero-order valence-electron chi connectivity index (χ0n) is 14.5. The Morgan fingerprint density at radius 3 is 2.65 bits per heavy atom. The Hall–Kier alpha value is -2.92. The molecule has 0 saturated heterocycles. The average molecular weight is 368 g/mol. The van der Waals surface area contributed by atoms with Crippen molar-refractivity contribution in [3.63, 3.8) is 0 Å². The molecule has 1 N–H and O–H groups in total. The first-order chi connectivity index (χ1) is 12.4. The van der Waals surface area contributed by atoms with E-state index in [-0.39, 0.29) is 18.0 Å². The van der Waals surface area contributed by atoms with Crippen LogP contribution in [0.4, 0.5) is 5.69 Å². The van der Waals surface area contributed by atoms with E-state index >= 15 is 0 Å². The standard InChI is InChI=1S/C20H18ClN3O2/c1-13-7-8-14(2)15(11-13)17-9-10-20(26)24(23-17)12-19(25)22-18-6-4-3-5-16(18)21/h3-11H,12H2,1-2H3,(H,22,25). The van der Waals surface area contributed by atoms with Crippen LogP contribution in [0, 0.1) is 13.8 Å². The van der Waals surface area contributed by atoms with Gasteiger partial charge in [-0.25, -0.2) is 4.68 Å². The highest BCUT2D eigenvalue weighted by Crippen LogP contribution is 2.22.